The Morgan fingerprint density at radius 3 is 2.53 bits per heavy atom. The zero-order valence-corrected chi connectivity index (χ0v) is 11.6. The minimum Gasteiger partial charge on any atom is -0.490 e. The van der Waals surface area contributed by atoms with Gasteiger partial charge in [-0.3, -0.25) is 4.98 Å². The molecular weight excluding hydrogens is 262 g/mol. The number of hydrogen-bond acceptors (Lipinski definition) is 3. The smallest absolute Gasteiger partial charge is 0.161 e. The number of para-hydroxylation sites is 2. The van der Waals surface area contributed by atoms with Crippen molar-refractivity contribution in [2.45, 2.75) is 20.0 Å². The minimum atomic E-state index is 0.368. The Kier molecular flexibility index (Phi) is 5.04. The average molecular weight is 278 g/mol. The van der Waals surface area contributed by atoms with Crippen LogP contribution in [0.5, 0.6) is 11.5 Å². The summed E-state index contributed by atoms with van der Waals surface area (Å²) in [5.74, 6) is 1.48. The van der Waals surface area contributed by atoms with Gasteiger partial charge in [-0.2, -0.15) is 0 Å². The predicted molar refractivity (Wildman–Crippen MR) is 75.8 cm³/mol. The normalized spacial score (nSPS) is 10.2. The van der Waals surface area contributed by atoms with Crippen LogP contribution >= 0.6 is 11.6 Å². The lowest BCUT2D eigenvalue weighted by atomic mass is 10.3. The van der Waals surface area contributed by atoms with Gasteiger partial charge in [-0.15, -0.1) is 0 Å². The van der Waals surface area contributed by atoms with Crippen LogP contribution in [0.1, 0.15) is 19.0 Å². The number of hydrogen-bond donors (Lipinski definition) is 0. The third-order valence-corrected chi connectivity index (χ3v) is 2.70. The van der Waals surface area contributed by atoms with Gasteiger partial charge in [0, 0.05) is 11.2 Å². The fourth-order valence-corrected chi connectivity index (χ4v) is 1.76. The van der Waals surface area contributed by atoms with Gasteiger partial charge in [0.25, 0.3) is 0 Å². The number of benzene rings is 1. The Labute approximate surface area is 118 Å². The van der Waals surface area contributed by atoms with E-state index >= 15 is 0 Å². The maximum Gasteiger partial charge on any atom is 0.161 e. The van der Waals surface area contributed by atoms with E-state index in [9.17, 15) is 0 Å². The van der Waals surface area contributed by atoms with E-state index in [-0.39, 0.29) is 0 Å². The molecule has 100 valence electrons. The van der Waals surface area contributed by atoms with Gasteiger partial charge < -0.3 is 9.47 Å². The van der Waals surface area contributed by atoms with E-state index in [1.807, 2.05) is 24.3 Å². The lowest BCUT2D eigenvalue weighted by Gasteiger charge is -2.11. The van der Waals surface area contributed by atoms with E-state index in [2.05, 4.69) is 11.9 Å². The third-order valence-electron chi connectivity index (χ3n) is 2.47. The molecule has 2 rings (SSSR count). The average Bonchev–Trinajstić information content (AvgIpc) is 2.44. The molecule has 0 bridgehead atoms. The lowest BCUT2D eigenvalue weighted by Crippen LogP contribution is -2.01. The van der Waals surface area contributed by atoms with Gasteiger partial charge in [0.15, 0.2) is 11.5 Å². The van der Waals surface area contributed by atoms with Gasteiger partial charge in [-0.05, 0) is 30.7 Å². The molecule has 0 atom stereocenters. The van der Waals surface area contributed by atoms with E-state index in [1.165, 1.54) is 0 Å². The van der Waals surface area contributed by atoms with Crippen molar-refractivity contribution in [1.82, 2.24) is 4.98 Å². The van der Waals surface area contributed by atoms with Crippen molar-refractivity contribution >= 4 is 11.6 Å². The van der Waals surface area contributed by atoms with Crippen LogP contribution in [0.4, 0.5) is 0 Å². The van der Waals surface area contributed by atoms with Crippen LogP contribution < -0.4 is 9.47 Å². The second-order valence-corrected chi connectivity index (χ2v) is 4.49. The molecule has 0 spiro atoms. The molecule has 0 aliphatic rings. The van der Waals surface area contributed by atoms with Gasteiger partial charge in [0.05, 0.1) is 12.3 Å². The molecule has 2 aromatic rings. The highest BCUT2D eigenvalue weighted by Crippen LogP contribution is 2.27. The molecule has 0 saturated carbocycles. The van der Waals surface area contributed by atoms with Crippen molar-refractivity contribution in [3.8, 4) is 11.5 Å². The Balaban J connectivity index is 2.02. The fourth-order valence-electron chi connectivity index (χ4n) is 1.58. The largest absolute Gasteiger partial charge is 0.490 e. The fraction of sp³-hybridized carbons (Fsp3) is 0.267. The van der Waals surface area contributed by atoms with E-state index in [0.29, 0.717) is 18.2 Å². The topological polar surface area (TPSA) is 31.4 Å². The molecule has 0 aliphatic carbocycles. The minimum absolute atomic E-state index is 0.368. The van der Waals surface area contributed by atoms with Gasteiger partial charge in [-0.25, -0.2) is 0 Å². The monoisotopic (exact) mass is 277 g/mol. The quantitative estimate of drug-likeness (QED) is 0.796. The Hall–Kier alpha value is -1.74. The first-order chi connectivity index (χ1) is 9.29. The molecule has 1 aromatic heterocycles. The summed E-state index contributed by atoms with van der Waals surface area (Å²) in [7, 11) is 0. The molecule has 3 nitrogen and oxygen atoms in total. The van der Waals surface area contributed by atoms with E-state index in [1.54, 1.807) is 18.3 Å². The SMILES string of the molecule is CCCOc1ccccc1OCc1cc(Cl)ccn1. The van der Waals surface area contributed by atoms with Crippen LogP contribution in [0.25, 0.3) is 0 Å². The van der Waals surface area contributed by atoms with Crippen LogP contribution in [0.2, 0.25) is 5.02 Å². The van der Waals surface area contributed by atoms with E-state index in [4.69, 9.17) is 21.1 Å². The van der Waals surface area contributed by atoms with Crippen molar-refractivity contribution in [1.29, 1.82) is 0 Å². The third kappa shape index (κ3) is 4.14. The molecule has 0 N–H and O–H groups in total. The van der Waals surface area contributed by atoms with Crippen LogP contribution in [0, 0.1) is 0 Å². The molecular formula is C15H16ClNO2. The molecule has 0 aliphatic heterocycles. The number of nitrogens with zero attached hydrogens (tertiary/aromatic N) is 1. The van der Waals surface area contributed by atoms with Gasteiger partial charge >= 0.3 is 0 Å². The molecule has 19 heavy (non-hydrogen) atoms. The summed E-state index contributed by atoms with van der Waals surface area (Å²) in [5, 5.41) is 0.657. The zero-order valence-electron chi connectivity index (χ0n) is 10.8. The molecule has 0 saturated heterocycles. The summed E-state index contributed by atoms with van der Waals surface area (Å²) < 4.78 is 11.4. The maximum absolute atomic E-state index is 5.91. The van der Waals surface area contributed by atoms with Gasteiger partial charge in [0.1, 0.15) is 6.61 Å². The van der Waals surface area contributed by atoms with Crippen LogP contribution in [-0.4, -0.2) is 11.6 Å². The number of ether oxygens (including phenoxy) is 2. The molecule has 0 radical (unpaired) electrons. The molecule has 0 fully saturated rings. The summed E-state index contributed by atoms with van der Waals surface area (Å²) in [6.07, 6.45) is 2.63. The van der Waals surface area contributed by atoms with Crippen LogP contribution in [-0.2, 0) is 6.61 Å². The first-order valence-corrected chi connectivity index (χ1v) is 6.62. The molecule has 1 aromatic carbocycles. The number of aromatic nitrogens is 1. The zero-order chi connectivity index (χ0) is 13.5. The molecule has 0 unspecified atom stereocenters. The molecule has 4 heteroatoms. The van der Waals surface area contributed by atoms with Gasteiger partial charge in [-0.1, -0.05) is 30.7 Å². The lowest BCUT2D eigenvalue weighted by molar-refractivity contribution is 0.259. The maximum atomic E-state index is 5.91. The van der Waals surface area contributed by atoms with Gasteiger partial charge in [0.2, 0.25) is 0 Å². The highest BCUT2D eigenvalue weighted by atomic mass is 35.5. The van der Waals surface area contributed by atoms with E-state index < -0.39 is 0 Å². The summed E-state index contributed by atoms with van der Waals surface area (Å²) in [4.78, 5) is 4.20. The van der Waals surface area contributed by atoms with Crippen LogP contribution in [0.3, 0.4) is 0 Å². The van der Waals surface area contributed by atoms with E-state index in [0.717, 1.165) is 23.6 Å². The number of halogens is 1. The second-order valence-electron chi connectivity index (χ2n) is 4.05. The standard InChI is InChI=1S/C15H16ClNO2/c1-2-9-18-14-5-3-4-6-15(14)19-11-13-10-12(16)7-8-17-13/h3-8,10H,2,9,11H2,1H3. The van der Waals surface area contributed by atoms with Crippen molar-refractivity contribution in [3.63, 3.8) is 0 Å². The second kappa shape index (κ2) is 7.00. The van der Waals surface area contributed by atoms with Crippen molar-refractivity contribution in [2.75, 3.05) is 6.61 Å². The highest BCUT2D eigenvalue weighted by molar-refractivity contribution is 6.30. The Morgan fingerprint density at radius 1 is 1.11 bits per heavy atom. The van der Waals surface area contributed by atoms with Crippen molar-refractivity contribution in [2.24, 2.45) is 0 Å². The highest BCUT2D eigenvalue weighted by Gasteiger charge is 2.05. The summed E-state index contributed by atoms with van der Waals surface area (Å²) in [5.41, 5.74) is 0.790. The van der Waals surface area contributed by atoms with Crippen LogP contribution in [0.15, 0.2) is 42.6 Å². The predicted octanol–water partition coefficient (Wildman–Crippen LogP) is 4.10. The van der Waals surface area contributed by atoms with Crippen molar-refractivity contribution < 1.29 is 9.47 Å². The first-order valence-electron chi connectivity index (χ1n) is 6.24. The summed E-state index contributed by atoms with van der Waals surface area (Å²) in [6.45, 7) is 3.11. The summed E-state index contributed by atoms with van der Waals surface area (Å²) in [6, 6.07) is 11.2. The number of rotatable bonds is 6. The molecule has 1 heterocycles. The summed E-state index contributed by atoms with van der Waals surface area (Å²) >= 11 is 5.91. The molecule has 0 amide bonds. The Morgan fingerprint density at radius 2 is 1.84 bits per heavy atom. The first kappa shape index (κ1) is 13.7. The Bertz CT molecular complexity index is 531. The number of pyridine rings is 1. The van der Waals surface area contributed by atoms with Crippen molar-refractivity contribution in [3.05, 3.63) is 53.3 Å².